The topological polar surface area (TPSA) is 109 Å². The van der Waals surface area contributed by atoms with E-state index in [0.29, 0.717) is 34.5 Å². The predicted octanol–water partition coefficient (Wildman–Crippen LogP) is 8.38. The molecular weight excluding hydrogens is 691 g/mol. The van der Waals surface area contributed by atoms with Crippen LogP contribution in [0.25, 0.3) is 21.7 Å². The Morgan fingerprint density at radius 3 is 2.42 bits per heavy atom. The Morgan fingerprint density at radius 1 is 0.909 bits per heavy atom. The van der Waals surface area contributed by atoms with Crippen LogP contribution in [0.5, 0.6) is 5.75 Å². The SMILES string of the molecule is C=CCC(OC(C)=O)[C@@H]1[C@@H](N(Cc2cccc3ccccc23)C(=O)c2ccc(C)cc2)c2cc(OCCCO)ccc2N1C(=O)c1ccc2ccccc2n1. The summed E-state index contributed by atoms with van der Waals surface area (Å²) in [5, 5.41) is 12.4. The van der Waals surface area contributed by atoms with E-state index in [1.807, 2.05) is 110 Å². The summed E-state index contributed by atoms with van der Waals surface area (Å²) >= 11 is 0. The lowest BCUT2D eigenvalue weighted by Gasteiger charge is -2.39. The van der Waals surface area contributed by atoms with Gasteiger partial charge in [0.15, 0.2) is 0 Å². The molecule has 2 amide bonds. The number of carbonyl (C=O) groups excluding carboxylic acids is 3. The fraction of sp³-hybridized carbons (Fsp3) is 0.217. The molecule has 55 heavy (non-hydrogen) atoms. The quantitative estimate of drug-likeness (QED) is 0.0722. The summed E-state index contributed by atoms with van der Waals surface area (Å²) in [5.41, 5.74) is 4.41. The molecule has 7 rings (SSSR count). The second kappa shape index (κ2) is 16.4. The van der Waals surface area contributed by atoms with Crippen LogP contribution in [0.15, 0.2) is 134 Å². The molecule has 1 N–H and O–H groups in total. The maximum Gasteiger partial charge on any atom is 0.302 e. The van der Waals surface area contributed by atoms with Crippen molar-refractivity contribution in [3.05, 3.63) is 162 Å². The zero-order valence-electron chi connectivity index (χ0n) is 30.9. The van der Waals surface area contributed by atoms with Crippen LogP contribution in [0.3, 0.4) is 0 Å². The molecule has 0 saturated heterocycles. The van der Waals surface area contributed by atoms with E-state index >= 15 is 9.59 Å². The van der Waals surface area contributed by atoms with E-state index in [4.69, 9.17) is 14.5 Å². The number of carbonyl (C=O) groups is 3. The number of ether oxygens (including phenoxy) is 2. The molecule has 278 valence electrons. The number of esters is 1. The van der Waals surface area contributed by atoms with Crippen LogP contribution in [0.2, 0.25) is 0 Å². The van der Waals surface area contributed by atoms with Crippen molar-refractivity contribution in [3.8, 4) is 5.75 Å². The van der Waals surface area contributed by atoms with Gasteiger partial charge >= 0.3 is 5.97 Å². The first kappa shape index (κ1) is 37.0. The Balaban J connectivity index is 1.47. The highest BCUT2D eigenvalue weighted by Crippen LogP contribution is 2.48. The van der Waals surface area contributed by atoms with Crippen molar-refractivity contribution >= 4 is 45.1 Å². The number of aliphatic hydroxyl groups excluding tert-OH is 1. The number of aryl methyl sites for hydroxylation is 1. The highest BCUT2D eigenvalue weighted by atomic mass is 16.5. The number of fused-ring (bicyclic) bond motifs is 3. The third-order valence-corrected chi connectivity index (χ3v) is 10.0. The van der Waals surface area contributed by atoms with E-state index in [2.05, 4.69) is 6.58 Å². The smallest absolute Gasteiger partial charge is 0.302 e. The number of hydrogen-bond donors (Lipinski definition) is 1. The van der Waals surface area contributed by atoms with Gasteiger partial charge in [0.2, 0.25) is 0 Å². The number of hydrogen-bond acceptors (Lipinski definition) is 7. The Kier molecular flexibility index (Phi) is 11.0. The number of pyridine rings is 1. The average molecular weight is 734 g/mol. The standard InChI is InChI=1S/C46H43N3O6/c1-4-11-42(55-31(3)51)44-43(48(45(52)34-20-18-30(2)19-21-34)29-35-15-9-14-32-12-5-7-16-37(32)35)38-28-36(54-27-10-26-50)23-25-41(38)49(44)46(53)40-24-22-33-13-6-8-17-39(33)47-40/h4-9,12-25,28,42-44,50H,1,10-11,26-27,29H2,2-3H3/t42?,43-,44+/m0/s1. The number of anilines is 1. The van der Waals surface area contributed by atoms with Crippen LogP contribution in [0, 0.1) is 6.92 Å². The summed E-state index contributed by atoms with van der Waals surface area (Å²) in [4.78, 5) is 51.3. The molecule has 0 fully saturated rings. The van der Waals surface area contributed by atoms with Gasteiger partial charge < -0.3 is 19.5 Å². The molecule has 9 heteroatoms. The van der Waals surface area contributed by atoms with Crippen LogP contribution in [0.4, 0.5) is 5.69 Å². The summed E-state index contributed by atoms with van der Waals surface area (Å²) < 4.78 is 12.2. The van der Waals surface area contributed by atoms with Crippen molar-refractivity contribution < 1.29 is 29.0 Å². The van der Waals surface area contributed by atoms with Crippen molar-refractivity contribution in [3.63, 3.8) is 0 Å². The normalized spacial score (nSPS) is 15.4. The van der Waals surface area contributed by atoms with Crippen molar-refractivity contribution in [2.75, 3.05) is 18.1 Å². The van der Waals surface area contributed by atoms with Gasteiger partial charge in [-0.15, -0.1) is 6.58 Å². The van der Waals surface area contributed by atoms with Gasteiger partial charge in [0, 0.05) is 49.4 Å². The van der Waals surface area contributed by atoms with Crippen LogP contribution < -0.4 is 9.64 Å². The number of para-hydroxylation sites is 1. The average Bonchev–Trinajstić information content (AvgIpc) is 3.53. The lowest BCUT2D eigenvalue weighted by molar-refractivity contribution is -0.147. The molecule has 2 heterocycles. The fourth-order valence-electron chi connectivity index (χ4n) is 7.50. The van der Waals surface area contributed by atoms with E-state index in [-0.39, 0.29) is 37.8 Å². The summed E-state index contributed by atoms with van der Waals surface area (Å²) in [5.74, 6) is -0.702. The van der Waals surface area contributed by atoms with Gasteiger partial charge in [0.25, 0.3) is 11.8 Å². The Labute approximate surface area is 320 Å². The highest BCUT2D eigenvalue weighted by Gasteiger charge is 2.51. The van der Waals surface area contributed by atoms with E-state index in [1.165, 1.54) is 6.92 Å². The molecule has 1 aromatic heterocycles. The number of nitrogens with zero attached hydrogens (tertiary/aromatic N) is 3. The summed E-state index contributed by atoms with van der Waals surface area (Å²) in [6.45, 7) is 7.68. The first-order chi connectivity index (χ1) is 26.8. The zero-order valence-corrected chi connectivity index (χ0v) is 30.9. The molecule has 0 bridgehead atoms. The summed E-state index contributed by atoms with van der Waals surface area (Å²) in [6, 6.07) is 36.3. The molecule has 0 spiro atoms. The van der Waals surface area contributed by atoms with Crippen LogP contribution in [-0.4, -0.2) is 58.1 Å². The first-order valence-corrected chi connectivity index (χ1v) is 18.5. The van der Waals surface area contributed by atoms with Crippen molar-refractivity contribution in [2.45, 2.75) is 51.4 Å². The Bertz CT molecular complexity index is 2370. The third kappa shape index (κ3) is 7.70. The second-order valence-electron chi connectivity index (χ2n) is 13.8. The molecule has 9 nitrogen and oxygen atoms in total. The number of amides is 2. The molecule has 3 atom stereocenters. The lowest BCUT2D eigenvalue weighted by Crippen LogP contribution is -2.53. The van der Waals surface area contributed by atoms with Crippen LogP contribution in [0.1, 0.15) is 63.3 Å². The van der Waals surface area contributed by atoms with Crippen molar-refractivity contribution in [2.24, 2.45) is 0 Å². The number of benzene rings is 5. The second-order valence-corrected chi connectivity index (χ2v) is 13.8. The summed E-state index contributed by atoms with van der Waals surface area (Å²) in [7, 11) is 0. The first-order valence-electron chi connectivity index (χ1n) is 18.5. The van der Waals surface area contributed by atoms with E-state index in [9.17, 15) is 9.90 Å². The van der Waals surface area contributed by atoms with Gasteiger partial charge in [0.1, 0.15) is 17.5 Å². The van der Waals surface area contributed by atoms with Gasteiger partial charge in [-0.3, -0.25) is 19.3 Å². The van der Waals surface area contributed by atoms with E-state index in [0.717, 1.165) is 27.3 Å². The van der Waals surface area contributed by atoms with Crippen LogP contribution in [-0.2, 0) is 16.1 Å². The van der Waals surface area contributed by atoms with Crippen molar-refractivity contribution in [1.82, 2.24) is 9.88 Å². The summed E-state index contributed by atoms with van der Waals surface area (Å²) in [6.07, 6.45) is 1.38. The van der Waals surface area contributed by atoms with Gasteiger partial charge in [-0.25, -0.2) is 4.98 Å². The van der Waals surface area contributed by atoms with Gasteiger partial charge in [0.05, 0.1) is 29.9 Å². The van der Waals surface area contributed by atoms with Crippen molar-refractivity contribution in [1.29, 1.82) is 0 Å². The predicted molar refractivity (Wildman–Crippen MR) is 214 cm³/mol. The minimum absolute atomic E-state index is 0.0356. The molecular formula is C46H43N3O6. The third-order valence-electron chi connectivity index (χ3n) is 10.0. The molecule has 0 radical (unpaired) electrons. The minimum atomic E-state index is -0.908. The Morgan fingerprint density at radius 2 is 1.65 bits per heavy atom. The maximum atomic E-state index is 15.2. The maximum absolute atomic E-state index is 15.2. The van der Waals surface area contributed by atoms with E-state index in [1.54, 1.807) is 34.1 Å². The molecule has 0 aliphatic carbocycles. The number of aliphatic hydroxyl groups is 1. The molecule has 1 aliphatic heterocycles. The number of rotatable bonds is 13. The zero-order chi connectivity index (χ0) is 38.5. The molecule has 0 saturated carbocycles. The van der Waals surface area contributed by atoms with Crippen LogP contribution >= 0.6 is 0 Å². The highest BCUT2D eigenvalue weighted by molar-refractivity contribution is 6.08. The van der Waals surface area contributed by atoms with Gasteiger partial charge in [-0.2, -0.15) is 0 Å². The molecule has 1 unspecified atom stereocenters. The van der Waals surface area contributed by atoms with Gasteiger partial charge in [-0.05, 0) is 65.7 Å². The molecule has 5 aromatic carbocycles. The van der Waals surface area contributed by atoms with Gasteiger partial charge in [-0.1, -0.05) is 90.5 Å². The monoisotopic (exact) mass is 733 g/mol. The Hall–Kier alpha value is -6.32. The minimum Gasteiger partial charge on any atom is -0.493 e. The largest absolute Gasteiger partial charge is 0.493 e. The lowest BCUT2D eigenvalue weighted by atomic mass is 9.93. The molecule has 1 aliphatic rings. The fourth-order valence-corrected chi connectivity index (χ4v) is 7.50. The van der Waals surface area contributed by atoms with E-state index < -0.39 is 30.1 Å². The number of aromatic nitrogens is 1. The molecule has 6 aromatic rings.